The van der Waals surface area contributed by atoms with E-state index in [0.29, 0.717) is 12.0 Å². The van der Waals surface area contributed by atoms with Crippen LogP contribution in [0.2, 0.25) is 0 Å². The van der Waals surface area contributed by atoms with Crippen molar-refractivity contribution in [3.63, 3.8) is 0 Å². The molecule has 0 unspecified atom stereocenters. The molecule has 0 aliphatic carbocycles. The van der Waals surface area contributed by atoms with Gasteiger partial charge in [-0.3, -0.25) is 23.7 Å². The lowest BCUT2D eigenvalue weighted by atomic mass is 9.98. The monoisotopic (exact) mass is 424 g/mol. The second-order valence-electron chi connectivity index (χ2n) is 7.11. The van der Waals surface area contributed by atoms with E-state index in [1.807, 2.05) is 0 Å². The van der Waals surface area contributed by atoms with Crippen molar-refractivity contribution in [2.24, 2.45) is 0 Å². The Hall–Kier alpha value is -2.19. The first-order valence-electron chi connectivity index (χ1n) is 9.84. The zero-order chi connectivity index (χ0) is 22.0. The smallest absolute Gasteiger partial charge is 0.290 e. The minimum Gasteiger partial charge on any atom is -0.290 e. The quantitative estimate of drug-likeness (QED) is 0.159. The molecule has 29 heavy (non-hydrogen) atoms. The number of carbonyl (C=O) groups excluding carboxylic acids is 4. The largest absolute Gasteiger partial charge is 0.295 e. The van der Waals surface area contributed by atoms with Crippen LogP contribution in [0.25, 0.3) is 0 Å². The van der Waals surface area contributed by atoms with Crippen LogP contribution >= 0.6 is 0 Å². The second kappa shape index (κ2) is 11.7. The maximum absolute atomic E-state index is 12.3. The summed E-state index contributed by atoms with van der Waals surface area (Å²) in [6, 6.07) is 3.39. The molecule has 0 radical (unpaired) electrons. The summed E-state index contributed by atoms with van der Waals surface area (Å²) in [5.74, 6) is -5.43. The topological polar surface area (TPSA) is 123 Å². The van der Waals surface area contributed by atoms with E-state index in [1.165, 1.54) is 18.9 Å². The van der Waals surface area contributed by atoms with Gasteiger partial charge in [0.15, 0.2) is 0 Å². The molecule has 0 atom stereocenters. The predicted octanol–water partition coefficient (Wildman–Crippen LogP) is 3.66. The molecule has 7 nitrogen and oxygen atoms in total. The van der Waals surface area contributed by atoms with Gasteiger partial charge in [0.1, 0.15) is 4.90 Å². The lowest BCUT2D eigenvalue weighted by Gasteiger charge is -2.06. The molecule has 0 aliphatic heterocycles. The minimum atomic E-state index is -4.77. The standard InChI is InChI=1S/C21H28O7S/c1-3-4-5-6-7-8-9-10-11-17(22)20(24)21(25)19(23)16-14-15(2)12-13-18(16)29(26,27)28/h12-14H,3-11H2,1-2H3,(H,26,27,28). The first-order valence-corrected chi connectivity index (χ1v) is 11.3. The van der Waals surface area contributed by atoms with Gasteiger partial charge >= 0.3 is 0 Å². The number of rotatable bonds is 14. The lowest BCUT2D eigenvalue weighted by molar-refractivity contribution is -0.142. The van der Waals surface area contributed by atoms with Gasteiger partial charge in [-0.2, -0.15) is 8.42 Å². The van der Waals surface area contributed by atoms with Gasteiger partial charge < -0.3 is 0 Å². The number of ketones is 4. The molecule has 160 valence electrons. The van der Waals surface area contributed by atoms with Crippen molar-refractivity contribution in [2.45, 2.75) is 76.5 Å². The summed E-state index contributed by atoms with van der Waals surface area (Å²) in [7, 11) is -4.77. The molecule has 0 saturated carbocycles. The first kappa shape index (κ1) is 24.8. The van der Waals surface area contributed by atoms with Crippen LogP contribution in [-0.2, 0) is 24.5 Å². The Balaban J connectivity index is 2.65. The number of aryl methyl sites for hydroxylation is 1. The summed E-state index contributed by atoms with van der Waals surface area (Å²) in [5.41, 5.74) is -0.169. The van der Waals surface area contributed by atoms with Gasteiger partial charge in [0, 0.05) is 12.0 Å². The molecular formula is C21H28O7S. The van der Waals surface area contributed by atoms with Crippen LogP contribution in [0.5, 0.6) is 0 Å². The van der Waals surface area contributed by atoms with E-state index in [0.717, 1.165) is 44.2 Å². The highest BCUT2D eigenvalue weighted by atomic mass is 32.2. The molecule has 1 N–H and O–H groups in total. The molecule has 1 aromatic rings. The number of carbonyl (C=O) groups is 4. The second-order valence-corrected chi connectivity index (χ2v) is 8.50. The Kier molecular flexibility index (Phi) is 10.0. The van der Waals surface area contributed by atoms with Crippen LogP contribution in [0.1, 0.15) is 80.6 Å². The Morgan fingerprint density at radius 1 is 0.862 bits per heavy atom. The highest BCUT2D eigenvalue weighted by Crippen LogP contribution is 2.19. The molecule has 0 aliphatic rings. The fourth-order valence-electron chi connectivity index (χ4n) is 2.93. The first-order chi connectivity index (χ1) is 13.6. The highest BCUT2D eigenvalue weighted by Gasteiger charge is 2.32. The fraction of sp³-hybridized carbons (Fsp3) is 0.524. The van der Waals surface area contributed by atoms with Crippen molar-refractivity contribution < 1.29 is 32.1 Å². The SMILES string of the molecule is CCCCCCCCCCC(=O)C(=O)C(=O)C(=O)c1cc(C)ccc1S(=O)(=O)O. The maximum Gasteiger partial charge on any atom is 0.295 e. The number of hydrogen-bond donors (Lipinski definition) is 1. The van der Waals surface area contributed by atoms with Gasteiger partial charge in [-0.25, -0.2) is 0 Å². The van der Waals surface area contributed by atoms with E-state index in [-0.39, 0.29) is 6.42 Å². The van der Waals surface area contributed by atoms with E-state index in [1.54, 1.807) is 6.92 Å². The molecule has 0 fully saturated rings. The van der Waals surface area contributed by atoms with Crippen molar-refractivity contribution in [2.75, 3.05) is 0 Å². The van der Waals surface area contributed by atoms with Crippen molar-refractivity contribution in [1.82, 2.24) is 0 Å². The van der Waals surface area contributed by atoms with Crippen LogP contribution in [-0.4, -0.2) is 36.1 Å². The lowest BCUT2D eigenvalue weighted by Crippen LogP contribution is -2.31. The van der Waals surface area contributed by atoms with Crippen LogP contribution in [0, 0.1) is 6.92 Å². The van der Waals surface area contributed by atoms with Gasteiger partial charge in [-0.15, -0.1) is 0 Å². The van der Waals surface area contributed by atoms with E-state index in [9.17, 15) is 32.1 Å². The molecule has 0 saturated heterocycles. The van der Waals surface area contributed by atoms with Crippen molar-refractivity contribution in [1.29, 1.82) is 0 Å². The third-order valence-electron chi connectivity index (χ3n) is 4.58. The highest BCUT2D eigenvalue weighted by molar-refractivity contribution is 7.86. The summed E-state index contributed by atoms with van der Waals surface area (Å²) >= 11 is 0. The van der Waals surface area contributed by atoms with E-state index in [4.69, 9.17) is 0 Å². The van der Waals surface area contributed by atoms with Gasteiger partial charge in [-0.1, -0.05) is 63.5 Å². The molecule has 1 rings (SSSR count). The molecule has 8 heteroatoms. The Morgan fingerprint density at radius 2 is 1.41 bits per heavy atom. The minimum absolute atomic E-state index is 0.133. The molecule has 0 amide bonds. The molecule has 1 aromatic carbocycles. The summed E-state index contributed by atoms with van der Waals surface area (Å²) in [6.45, 7) is 3.68. The Labute approximate surface area is 171 Å². The summed E-state index contributed by atoms with van der Waals surface area (Å²) in [5, 5.41) is 0. The third kappa shape index (κ3) is 7.98. The zero-order valence-electron chi connectivity index (χ0n) is 16.9. The predicted molar refractivity (Wildman–Crippen MR) is 108 cm³/mol. The van der Waals surface area contributed by atoms with Crippen LogP contribution in [0.15, 0.2) is 23.1 Å². The molecule has 0 aromatic heterocycles. The van der Waals surface area contributed by atoms with Crippen LogP contribution in [0.3, 0.4) is 0 Å². The van der Waals surface area contributed by atoms with Gasteiger partial charge in [0.2, 0.25) is 11.6 Å². The van der Waals surface area contributed by atoms with E-state index >= 15 is 0 Å². The number of hydrogen-bond acceptors (Lipinski definition) is 6. The average molecular weight is 425 g/mol. The van der Waals surface area contributed by atoms with Crippen molar-refractivity contribution in [3.05, 3.63) is 29.3 Å². The van der Waals surface area contributed by atoms with Gasteiger partial charge in [0.05, 0.1) is 0 Å². The van der Waals surface area contributed by atoms with Crippen LogP contribution in [0.4, 0.5) is 0 Å². The summed E-state index contributed by atoms with van der Waals surface area (Å²) in [4.78, 5) is 47.6. The van der Waals surface area contributed by atoms with Crippen molar-refractivity contribution >= 4 is 33.3 Å². The van der Waals surface area contributed by atoms with Crippen molar-refractivity contribution in [3.8, 4) is 0 Å². The average Bonchev–Trinajstić information content (AvgIpc) is 2.67. The number of benzene rings is 1. The third-order valence-corrected chi connectivity index (χ3v) is 5.49. The van der Waals surface area contributed by atoms with E-state index in [2.05, 4.69) is 6.92 Å². The summed E-state index contributed by atoms with van der Waals surface area (Å²) < 4.78 is 32.1. The molecule has 0 heterocycles. The molecule has 0 bridgehead atoms. The van der Waals surface area contributed by atoms with Crippen LogP contribution < -0.4 is 0 Å². The Bertz CT molecular complexity index is 869. The fourth-order valence-corrected chi connectivity index (χ4v) is 3.60. The van der Waals surface area contributed by atoms with Gasteiger partial charge in [-0.05, 0) is 25.5 Å². The molecular weight excluding hydrogens is 396 g/mol. The number of Topliss-reactive ketones (excluding diaryl/α,β-unsaturated/α-hetero) is 4. The number of unbranched alkanes of at least 4 members (excludes halogenated alkanes) is 7. The van der Waals surface area contributed by atoms with E-state index < -0.39 is 43.7 Å². The normalized spacial score (nSPS) is 11.3. The Morgan fingerprint density at radius 3 is 1.97 bits per heavy atom. The maximum atomic E-state index is 12.3. The summed E-state index contributed by atoms with van der Waals surface area (Å²) in [6.07, 6.45) is 7.70. The molecule has 0 spiro atoms. The van der Waals surface area contributed by atoms with Gasteiger partial charge in [0.25, 0.3) is 21.7 Å². The zero-order valence-corrected chi connectivity index (χ0v) is 17.7.